The van der Waals surface area contributed by atoms with Crippen molar-refractivity contribution in [3.8, 4) is 0 Å². The summed E-state index contributed by atoms with van der Waals surface area (Å²) in [5.41, 5.74) is 0. The molecule has 0 bridgehead atoms. The molecule has 0 heterocycles. The van der Waals surface area contributed by atoms with Crippen LogP contribution in [0.3, 0.4) is 0 Å². The highest BCUT2D eigenvalue weighted by molar-refractivity contribution is 9.09. The molecule has 0 aliphatic heterocycles. The van der Waals surface area contributed by atoms with Gasteiger partial charge in [0.25, 0.3) is 0 Å². The fourth-order valence-electron chi connectivity index (χ4n) is 2.63. The van der Waals surface area contributed by atoms with Gasteiger partial charge in [0, 0.05) is 26.0 Å². The Morgan fingerprint density at radius 3 is 2.29 bits per heavy atom. The number of hydrogen-bond donors (Lipinski definition) is 2. The molecular formula is C21H36BrNO8. The minimum atomic E-state index is -0.990. The van der Waals surface area contributed by atoms with Crippen LogP contribution in [0.4, 0.5) is 0 Å². The number of Topliss-reactive ketones (excluding diaryl/α,β-unsaturated/α-hetero) is 2. The lowest BCUT2D eigenvalue weighted by Gasteiger charge is -2.12. The summed E-state index contributed by atoms with van der Waals surface area (Å²) in [7, 11) is 0. The van der Waals surface area contributed by atoms with E-state index in [2.05, 4.69) is 21.2 Å². The molecule has 31 heavy (non-hydrogen) atoms. The first kappa shape index (κ1) is 29.6. The van der Waals surface area contributed by atoms with Gasteiger partial charge in [-0.3, -0.25) is 19.2 Å². The molecule has 10 heteroatoms. The average molecular weight is 510 g/mol. The van der Waals surface area contributed by atoms with E-state index in [1.54, 1.807) is 0 Å². The highest BCUT2D eigenvalue weighted by Crippen LogP contribution is 2.16. The van der Waals surface area contributed by atoms with Crippen LogP contribution in [0.2, 0.25) is 0 Å². The van der Waals surface area contributed by atoms with Crippen molar-refractivity contribution in [2.45, 2.75) is 51.9 Å². The molecule has 9 nitrogen and oxygen atoms in total. The van der Waals surface area contributed by atoms with Crippen LogP contribution in [0.1, 0.15) is 51.9 Å². The number of nitrogens with one attached hydrogen (secondary N) is 1. The van der Waals surface area contributed by atoms with Crippen LogP contribution < -0.4 is 5.32 Å². The molecular weight excluding hydrogens is 474 g/mol. The van der Waals surface area contributed by atoms with Crippen LogP contribution in [0.25, 0.3) is 0 Å². The maximum Gasteiger partial charge on any atom is 0.306 e. The number of carboxylic acids is 1. The lowest BCUT2D eigenvalue weighted by Crippen LogP contribution is -2.31. The van der Waals surface area contributed by atoms with Gasteiger partial charge >= 0.3 is 5.97 Å². The number of halogens is 1. The predicted octanol–water partition coefficient (Wildman–Crippen LogP) is 2.14. The van der Waals surface area contributed by atoms with Gasteiger partial charge in [-0.25, -0.2) is 0 Å². The van der Waals surface area contributed by atoms with Crippen molar-refractivity contribution < 1.29 is 38.5 Å². The Hall–Kier alpha value is -1.36. The maximum atomic E-state index is 12.0. The second-order valence-corrected chi connectivity index (χ2v) is 7.68. The number of rotatable bonds is 22. The van der Waals surface area contributed by atoms with Crippen molar-refractivity contribution in [1.82, 2.24) is 5.32 Å². The minimum absolute atomic E-state index is 0.0349. The third kappa shape index (κ3) is 19.1. The quantitative estimate of drug-likeness (QED) is 0.168. The molecule has 1 amide bonds. The molecule has 0 aromatic carbocycles. The third-order valence-corrected chi connectivity index (χ3v) is 4.89. The van der Waals surface area contributed by atoms with Crippen LogP contribution in [-0.2, 0) is 33.4 Å². The molecule has 1 atom stereocenters. The highest BCUT2D eigenvalue weighted by atomic mass is 79.9. The van der Waals surface area contributed by atoms with Crippen LogP contribution in [0.15, 0.2) is 0 Å². The number of ether oxygens (including phenoxy) is 3. The van der Waals surface area contributed by atoms with Gasteiger partial charge in [-0.15, -0.1) is 0 Å². The summed E-state index contributed by atoms with van der Waals surface area (Å²) >= 11 is 3.11. The zero-order valence-corrected chi connectivity index (χ0v) is 20.0. The van der Waals surface area contributed by atoms with Crippen molar-refractivity contribution in [3.63, 3.8) is 0 Å². The van der Waals surface area contributed by atoms with E-state index in [4.69, 9.17) is 14.2 Å². The van der Waals surface area contributed by atoms with Crippen molar-refractivity contribution >= 4 is 39.4 Å². The largest absolute Gasteiger partial charge is 0.481 e. The predicted molar refractivity (Wildman–Crippen MR) is 118 cm³/mol. The zero-order valence-electron chi connectivity index (χ0n) is 18.4. The number of carboxylic acid groups (broad SMARTS) is 1. The maximum absolute atomic E-state index is 12.0. The van der Waals surface area contributed by atoms with Crippen LogP contribution >= 0.6 is 15.9 Å². The van der Waals surface area contributed by atoms with Gasteiger partial charge in [0.2, 0.25) is 5.91 Å². The summed E-state index contributed by atoms with van der Waals surface area (Å²) < 4.78 is 15.6. The lowest BCUT2D eigenvalue weighted by atomic mass is 9.95. The highest BCUT2D eigenvalue weighted by Gasteiger charge is 2.20. The second-order valence-electron chi connectivity index (χ2n) is 7.12. The first-order valence-electron chi connectivity index (χ1n) is 10.7. The van der Waals surface area contributed by atoms with Crippen molar-refractivity contribution in [3.05, 3.63) is 0 Å². The third-order valence-electron chi connectivity index (χ3n) is 4.27. The molecule has 0 saturated heterocycles. The van der Waals surface area contributed by atoms with Gasteiger partial charge in [0.1, 0.15) is 19.0 Å². The Morgan fingerprint density at radius 2 is 1.61 bits per heavy atom. The summed E-state index contributed by atoms with van der Waals surface area (Å²) in [6.45, 7) is 3.55. The number of alkyl halides is 1. The molecule has 0 fully saturated rings. The smallest absolute Gasteiger partial charge is 0.306 e. The summed E-state index contributed by atoms with van der Waals surface area (Å²) in [4.78, 5) is 45.9. The number of carbonyl (C=O) groups is 4. The zero-order chi connectivity index (χ0) is 23.3. The molecule has 180 valence electrons. The first-order valence-corrected chi connectivity index (χ1v) is 11.8. The Bertz CT molecular complexity index is 530. The van der Waals surface area contributed by atoms with E-state index in [9.17, 15) is 24.3 Å². The van der Waals surface area contributed by atoms with E-state index in [-0.39, 0.29) is 50.3 Å². The molecule has 0 aliphatic carbocycles. The number of hydrogen-bond acceptors (Lipinski definition) is 7. The van der Waals surface area contributed by atoms with Gasteiger partial charge in [0.15, 0.2) is 5.78 Å². The van der Waals surface area contributed by atoms with E-state index in [0.29, 0.717) is 44.4 Å². The van der Waals surface area contributed by atoms with Crippen LogP contribution in [0, 0.1) is 5.92 Å². The van der Waals surface area contributed by atoms with Crippen molar-refractivity contribution in [2.24, 2.45) is 5.92 Å². The number of unbranched alkanes of at least 4 members (excludes halogenated alkanes) is 2. The van der Waals surface area contributed by atoms with E-state index in [0.717, 1.165) is 19.3 Å². The Labute approximate surface area is 192 Å². The van der Waals surface area contributed by atoms with E-state index in [1.165, 1.54) is 0 Å². The molecule has 0 rings (SSSR count). The standard InChI is InChI=1S/C21H36BrNO8/c1-2-9-30-16-20(26)23-8-10-29-11-12-31-15-19(25)13-17(21(27)28)6-4-3-5-7-18(24)14-22/h17H,2-16H2,1H3,(H,23,26)(H,27,28)/t17-/m1/s1. The molecule has 2 N–H and O–H groups in total. The Balaban J connectivity index is 3.72. The molecule has 0 aromatic heterocycles. The fraction of sp³-hybridized carbons (Fsp3) is 0.810. The van der Waals surface area contributed by atoms with Crippen molar-refractivity contribution in [1.29, 1.82) is 0 Å². The number of ketones is 2. The molecule has 0 radical (unpaired) electrons. The summed E-state index contributed by atoms with van der Waals surface area (Å²) in [5.74, 6) is -2.05. The molecule has 0 unspecified atom stereocenters. The Kier molecular flexibility index (Phi) is 19.6. The Morgan fingerprint density at radius 1 is 0.903 bits per heavy atom. The fourth-order valence-corrected chi connectivity index (χ4v) is 2.91. The van der Waals surface area contributed by atoms with Gasteiger partial charge in [-0.1, -0.05) is 35.7 Å². The van der Waals surface area contributed by atoms with Gasteiger partial charge in [0.05, 0.1) is 31.1 Å². The lowest BCUT2D eigenvalue weighted by molar-refractivity contribution is -0.144. The first-order chi connectivity index (χ1) is 14.9. The summed E-state index contributed by atoms with van der Waals surface area (Å²) in [5, 5.41) is 12.3. The van der Waals surface area contributed by atoms with E-state index >= 15 is 0 Å². The monoisotopic (exact) mass is 509 g/mol. The normalized spacial score (nSPS) is 11.8. The molecule has 0 aliphatic rings. The SMILES string of the molecule is CCCOCC(=O)NCCOCCOCC(=O)C[C@@H](CCCCCC(=O)CBr)C(=O)O. The van der Waals surface area contributed by atoms with E-state index in [1.807, 2.05) is 6.92 Å². The second kappa shape index (κ2) is 20.5. The topological polar surface area (TPSA) is 128 Å². The van der Waals surface area contributed by atoms with Crippen LogP contribution in [-0.4, -0.2) is 80.1 Å². The summed E-state index contributed by atoms with van der Waals surface area (Å²) in [6, 6.07) is 0. The molecule has 0 saturated carbocycles. The van der Waals surface area contributed by atoms with Crippen molar-refractivity contribution in [2.75, 3.05) is 51.5 Å². The number of amides is 1. The number of carbonyl (C=O) groups excluding carboxylic acids is 3. The summed E-state index contributed by atoms with van der Waals surface area (Å²) in [6.07, 6.45) is 3.83. The van der Waals surface area contributed by atoms with Crippen LogP contribution in [0.5, 0.6) is 0 Å². The number of aliphatic carboxylic acids is 1. The molecule has 0 aromatic rings. The van der Waals surface area contributed by atoms with E-state index < -0.39 is 11.9 Å². The molecule has 0 spiro atoms. The average Bonchev–Trinajstić information content (AvgIpc) is 2.74. The van der Waals surface area contributed by atoms with Gasteiger partial charge in [-0.05, 0) is 19.3 Å². The van der Waals surface area contributed by atoms with Gasteiger partial charge in [-0.2, -0.15) is 0 Å². The van der Waals surface area contributed by atoms with Gasteiger partial charge < -0.3 is 24.6 Å². The minimum Gasteiger partial charge on any atom is -0.481 e.